The van der Waals surface area contributed by atoms with E-state index in [0.29, 0.717) is 18.7 Å². The molecule has 1 fully saturated rings. The minimum Gasteiger partial charge on any atom is -0.478 e. The number of carboxylic acids is 1. The number of sulfonamides is 1. The van der Waals surface area contributed by atoms with E-state index in [2.05, 4.69) is 0 Å². The summed E-state index contributed by atoms with van der Waals surface area (Å²) in [4.78, 5) is 11.2. The Morgan fingerprint density at radius 3 is 2.75 bits per heavy atom. The van der Waals surface area contributed by atoms with Gasteiger partial charge in [-0.15, -0.1) is 0 Å². The molecule has 1 aromatic rings. The molecule has 1 aromatic carbocycles. The number of carboxylic acid groups (broad SMARTS) is 1. The smallest absolute Gasteiger partial charge is 0.335 e. The largest absolute Gasteiger partial charge is 0.478 e. The quantitative estimate of drug-likeness (QED) is 0.921. The summed E-state index contributed by atoms with van der Waals surface area (Å²) in [5.41, 5.74) is 0.588. The summed E-state index contributed by atoms with van der Waals surface area (Å²) in [5.74, 6) is -0.347. The van der Waals surface area contributed by atoms with Gasteiger partial charge in [0, 0.05) is 24.1 Å². The van der Waals surface area contributed by atoms with E-state index in [0.717, 1.165) is 5.75 Å². The lowest BCUT2D eigenvalue weighted by Gasteiger charge is -2.29. The molecule has 1 unspecified atom stereocenters. The molecule has 1 heterocycles. The highest BCUT2D eigenvalue weighted by molar-refractivity contribution is 8.00. The van der Waals surface area contributed by atoms with Crippen molar-refractivity contribution in [2.75, 3.05) is 18.8 Å². The zero-order valence-corrected chi connectivity index (χ0v) is 13.0. The Kier molecular flexibility index (Phi) is 4.41. The maximum atomic E-state index is 12.5. The second-order valence-corrected chi connectivity index (χ2v) is 8.31. The monoisotopic (exact) mass is 315 g/mol. The Bertz CT molecular complexity index is 627. The lowest BCUT2D eigenvalue weighted by atomic mass is 10.1. The van der Waals surface area contributed by atoms with Crippen molar-refractivity contribution in [3.63, 3.8) is 0 Å². The van der Waals surface area contributed by atoms with Gasteiger partial charge >= 0.3 is 5.97 Å². The Hall–Kier alpha value is -1.05. The highest BCUT2D eigenvalue weighted by Crippen LogP contribution is 2.25. The molecule has 5 nitrogen and oxygen atoms in total. The molecule has 0 spiro atoms. The minimum atomic E-state index is -3.61. The van der Waals surface area contributed by atoms with E-state index in [4.69, 9.17) is 5.11 Å². The van der Waals surface area contributed by atoms with Crippen LogP contribution in [0.1, 0.15) is 22.8 Å². The molecule has 2 rings (SSSR count). The summed E-state index contributed by atoms with van der Waals surface area (Å²) >= 11 is 1.74. The van der Waals surface area contributed by atoms with Crippen LogP contribution < -0.4 is 0 Å². The number of rotatable bonds is 3. The SMILES string of the molecule is Cc1ccc(S(=O)(=O)N2CCSC(C)C2)cc1C(=O)O. The molecule has 1 saturated heterocycles. The van der Waals surface area contributed by atoms with Crippen LogP contribution in [-0.2, 0) is 10.0 Å². The van der Waals surface area contributed by atoms with Gasteiger partial charge in [0.1, 0.15) is 0 Å². The van der Waals surface area contributed by atoms with E-state index in [1.54, 1.807) is 24.8 Å². The minimum absolute atomic E-state index is 0.0329. The highest BCUT2D eigenvalue weighted by atomic mass is 32.2. The van der Waals surface area contributed by atoms with Crippen molar-refractivity contribution in [1.29, 1.82) is 0 Å². The number of benzene rings is 1. The van der Waals surface area contributed by atoms with Gasteiger partial charge < -0.3 is 5.11 Å². The van der Waals surface area contributed by atoms with Crippen LogP contribution in [0.5, 0.6) is 0 Å². The normalized spacial score (nSPS) is 20.8. The maximum absolute atomic E-state index is 12.5. The average Bonchev–Trinajstić information content (AvgIpc) is 2.38. The molecule has 0 bridgehead atoms. The molecule has 0 radical (unpaired) electrons. The maximum Gasteiger partial charge on any atom is 0.335 e. The molecule has 0 saturated carbocycles. The molecule has 20 heavy (non-hydrogen) atoms. The fourth-order valence-corrected chi connectivity index (χ4v) is 4.93. The van der Waals surface area contributed by atoms with Crippen LogP contribution in [0, 0.1) is 6.92 Å². The number of thioether (sulfide) groups is 1. The van der Waals surface area contributed by atoms with Gasteiger partial charge in [0.2, 0.25) is 10.0 Å². The topological polar surface area (TPSA) is 74.7 Å². The van der Waals surface area contributed by atoms with E-state index in [1.807, 2.05) is 6.92 Å². The standard InChI is InChI=1S/C13H17NO4S2/c1-9-3-4-11(7-12(9)13(15)16)20(17,18)14-5-6-19-10(2)8-14/h3-4,7,10H,5-6,8H2,1-2H3,(H,15,16). The molecule has 1 atom stereocenters. The summed E-state index contributed by atoms with van der Waals surface area (Å²) in [6.45, 7) is 4.57. The molecule has 0 amide bonds. The Morgan fingerprint density at radius 1 is 1.45 bits per heavy atom. The number of hydrogen-bond donors (Lipinski definition) is 1. The van der Waals surface area contributed by atoms with Crippen molar-refractivity contribution in [1.82, 2.24) is 4.31 Å². The molecule has 7 heteroatoms. The van der Waals surface area contributed by atoms with E-state index < -0.39 is 16.0 Å². The van der Waals surface area contributed by atoms with Gasteiger partial charge in [-0.2, -0.15) is 16.1 Å². The Balaban J connectivity index is 2.39. The van der Waals surface area contributed by atoms with Crippen LogP contribution in [0.15, 0.2) is 23.1 Å². The van der Waals surface area contributed by atoms with Crippen molar-refractivity contribution in [3.8, 4) is 0 Å². The first-order valence-corrected chi connectivity index (χ1v) is 8.77. The first kappa shape index (κ1) is 15.3. The van der Waals surface area contributed by atoms with Gasteiger partial charge in [0.05, 0.1) is 10.5 Å². The van der Waals surface area contributed by atoms with E-state index in [1.165, 1.54) is 16.4 Å². The predicted molar refractivity (Wildman–Crippen MR) is 78.8 cm³/mol. The van der Waals surface area contributed by atoms with Crippen LogP contribution in [0.2, 0.25) is 0 Å². The van der Waals surface area contributed by atoms with Gasteiger partial charge in [0.25, 0.3) is 0 Å². The molecule has 0 aromatic heterocycles. The first-order valence-electron chi connectivity index (χ1n) is 6.28. The van der Waals surface area contributed by atoms with Crippen molar-refractivity contribution < 1.29 is 18.3 Å². The van der Waals surface area contributed by atoms with Crippen molar-refractivity contribution in [2.45, 2.75) is 24.0 Å². The van der Waals surface area contributed by atoms with E-state index in [9.17, 15) is 13.2 Å². The summed E-state index contributed by atoms with van der Waals surface area (Å²) in [5, 5.41) is 9.35. The predicted octanol–water partition coefficient (Wildman–Crippen LogP) is 1.82. The number of hydrogen-bond acceptors (Lipinski definition) is 4. The van der Waals surface area contributed by atoms with Crippen molar-refractivity contribution >= 4 is 27.8 Å². The van der Waals surface area contributed by atoms with Gasteiger partial charge in [0.15, 0.2) is 0 Å². The number of carbonyl (C=O) groups is 1. The number of aryl methyl sites for hydroxylation is 1. The summed E-state index contributed by atoms with van der Waals surface area (Å²) < 4.78 is 26.5. The molecule has 110 valence electrons. The van der Waals surface area contributed by atoms with E-state index >= 15 is 0 Å². The molecule has 1 aliphatic heterocycles. The van der Waals surface area contributed by atoms with E-state index in [-0.39, 0.29) is 15.7 Å². The van der Waals surface area contributed by atoms with Crippen molar-refractivity contribution in [3.05, 3.63) is 29.3 Å². The zero-order chi connectivity index (χ0) is 14.9. The molecular weight excluding hydrogens is 298 g/mol. The Labute approximate surface area is 123 Å². The van der Waals surface area contributed by atoms with Crippen LogP contribution in [0.25, 0.3) is 0 Å². The molecule has 1 aliphatic rings. The second kappa shape index (κ2) is 5.75. The third-order valence-electron chi connectivity index (χ3n) is 3.28. The third-order valence-corrected chi connectivity index (χ3v) is 6.28. The fraction of sp³-hybridized carbons (Fsp3) is 0.462. The van der Waals surface area contributed by atoms with Gasteiger partial charge in [-0.25, -0.2) is 13.2 Å². The third kappa shape index (κ3) is 2.99. The van der Waals surface area contributed by atoms with Crippen LogP contribution in [0.4, 0.5) is 0 Å². The van der Waals surface area contributed by atoms with Gasteiger partial charge in [-0.1, -0.05) is 13.0 Å². The fourth-order valence-electron chi connectivity index (χ4n) is 2.15. The van der Waals surface area contributed by atoms with Crippen LogP contribution in [-0.4, -0.2) is 47.9 Å². The zero-order valence-electron chi connectivity index (χ0n) is 11.4. The van der Waals surface area contributed by atoms with Gasteiger partial charge in [-0.05, 0) is 24.6 Å². The Morgan fingerprint density at radius 2 is 2.15 bits per heavy atom. The highest BCUT2D eigenvalue weighted by Gasteiger charge is 2.29. The summed E-state index contributed by atoms with van der Waals surface area (Å²) in [6.07, 6.45) is 0. The molecule has 1 N–H and O–H groups in total. The van der Waals surface area contributed by atoms with Crippen LogP contribution >= 0.6 is 11.8 Å². The molecule has 0 aliphatic carbocycles. The number of nitrogens with zero attached hydrogens (tertiary/aromatic N) is 1. The van der Waals surface area contributed by atoms with Crippen molar-refractivity contribution in [2.24, 2.45) is 0 Å². The average molecular weight is 315 g/mol. The summed E-state index contributed by atoms with van der Waals surface area (Å²) in [6, 6.07) is 4.27. The molecular formula is C13H17NO4S2. The lowest BCUT2D eigenvalue weighted by Crippen LogP contribution is -2.41. The lowest BCUT2D eigenvalue weighted by molar-refractivity contribution is 0.0696. The number of aromatic carboxylic acids is 1. The first-order chi connectivity index (χ1) is 9.32. The van der Waals surface area contributed by atoms with Crippen LogP contribution in [0.3, 0.4) is 0 Å². The second-order valence-electron chi connectivity index (χ2n) is 4.83. The van der Waals surface area contributed by atoms with Gasteiger partial charge in [-0.3, -0.25) is 0 Å². The summed E-state index contributed by atoms with van der Waals surface area (Å²) in [7, 11) is -3.61.